The topological polar surface area (TPSA) is 98.6 Å². The maximum absolute atomic E-state index is 12.5. The van der Waals surface area contributed by atoms with Crippen LogP contribution in [0.3, 0.4) is 0 Å². The Hall–Kier alpha value is -3.19. The van der Waals surface area contributed by atoms with Crippen LogP contribution in [0, 0.1) is 0 Å². The van der Waals surface area contributed by atoms with E-state index >= 15 is 0 Å². The van der Waals surface area contributed by atoms with Crippen LogP contribution >= 0.6 is 0 Å². The molecule has 4 rings (SSSR count). The van der Waals surface area contributed by atoms with Gasteiger partial charge in [0.1, 0.15) is 17.2 Å². The van der Waals surface area contributed by atoms with E-state index in [-0.39, 0.29) is 17.7 Å². The van der Waals surface area contributed by atoms with E-state index in [9.17, 15) is 15.0 Å². The van der Waals surface area contributed by atoms with Gasteiger partial charge in [-0.05, 0) is 49.9 Å². The summed E-state index contributed by atoms with van der Waals surface area (Å²) in [5.74, 6) is 1.19. The maximum Gasteiger partial charge on any atom is 0.252 e. The summed E-state index contributed by atoms with van der Waals surface area (Å²) < 4.78 is 0. The molecule has 7 heteroatoms. The summed E-state index contributed by atoms with van der Waals surface area (Å²) >= 11 is 0. The van der Waals surface area contributed by atoms with Crippen molar-refractivity contribution in [3.05, 3.63) is 48.5 Å². The zero-order valence-corrected chi connectivity index (χ0v) is 18.6. The fourth-order valence-corrected chi connectivity index (χ4v) is 4.21. The number of amides is 1. The summed E-state index contributed by atoms with van der Waals surface area (Å²) in [6.07, 6.45) is 2.32. The average Bonchev–Trinajstić information content (AvgIpc) is 2.83. The van der Waals surface area contributed by atoms with Gasteiger partial charge in [0.05, 0.1) is 11.1 Å². The first-order chi connectivity index (χ1) is 15.4. The highest BCUT2D eigenvalue weighted by molar-refractivity contribution is 5.91. The molecule has 0 radical (unpaired) electrons. The number of piperidine rings is 1. The molecule has 0 spiro atoms. The second-order valence-corrected chi connectivity index (χ2v) is 8.38. The minimum Gasteiger partial charge on any atom is -0.507 e. The molecule has 7 nitrogen and oxygen atoms in total. The normalized spacial score (nSPS) is 15.2. The van der Waals surface area contributed by atoms with Crippen molar-refractivity contribution in [3.63, 3.8) is 0 Å². The third-order valence-corrected chi connectivity index (χ3v) is 6.45. The summed E-state index contributed by atoms with van der Waals surface area (Å²) in [7, 11) is 0. The van der Waals surface area contributed by atoms with Crippen molar-refractivity contribution in [2.75, 3.05) is 18.0 Å². The molecule has 0 saturated carbocycles. The number of hydrogen-bond donors (Lipinski definition) is 3. The van der Waals surface area contributed by atoms with Crippen LogP contribution < -0.4 is 10.2 Å². The summed E-state index contributed by atoms with van der Waals surface area (Å²) in [5, 5.41) is 24.8. The molecule has 2 aromatic carbocycles. The van der Waals surface area contributed by atoms with E-state index in [1.165, 1.54) is 0 Å². The zero-order chi connectivity index (χ0) is 22.7. The quantitative estimate of drug-likeness (QED) is 0.548. The SMILES string of the molecule is CCC(O)(CC)C(=O)NC1CCN(c2nc(-c3ccccc3O)nc3ccccc23)CC1. The molecule has 168 valence electrons. The summed E-state index contributed by atoms with van der Waals surface area (Å²) in [6.45, 7) is 5.10. The first kappa shape index (κ1) is 22.0. The maximum atomic E-state index is 12.5. The highest BCUT2D eigenvalue weighted by atomic mass is 16.3. The molecule has 3 aromatic rings. The number of nitrogens with one attached hydrogen (secondary N) is 1. The lowest BCUT2D eigenvalue weighted by atomic mass is 9.95. The molecule has 0 aliphatic carbocycles. The van der Waals surface area contributed by atoms with Crippen LogP contribution in [-0.4, -0.2) is 50.8 Å². The van der Waals surface area contributed by atoms with Gasteiger partial charge in [0.15, 0.2) is 5.82 Å². The van der Waals surface area contributed by atoms with E-state index in [1.54, 1.807) is 12.1 Å². The van der Waals surface area contributed by atoms with Crippen molar-refractivity contribution < 1.29 is 15.0 Å². The van der Waals surface area contributed by atoms with Crippen molar-refractivity contribution in [1.29, 1.82) is 0 Å². The summed E-state index contributed by atoms with van der Waals surface area (Å²) in [5.41, 5.74) is 0.120. The Bertz CT molecular complexity index is 1110. The largest absolute Gasteiger partial charge is 0.507 e. The van der Waals surface area contributed by atoms with Crippen LogP contribution in [0.25, 0.3) is 22.3 Å². The molecule has 1 aromatic heterocycles. The predicted molar refractivity (Wildman–Crippen MR) is 126 cm³/mol. The number of fused-ring (bicyclic) bond motifs is 1. The number of benzene rings is 2. The molecule has 1 amide bonds. The summed E-state index contributed by atoms with van der Waals surface area (Å²) in [6, 6.07) is 15.0. The third kappa shape index (κ3) is 4.25. The second-order valence-electron chi connectivity index (χ2n) is 8.38. The van der Waals surface area contributed by atoms with Crippen LogP contribution in [0.2, 0.25) is 0 Å². The van der Waals surface area contributed by atoms with Gasteiger partial charge >= 0.3 is 0 Å². The molecule has 2 heterocycles. The number of phenols is 1. The van der Waals surface area contributed by atoms with Gasteiger partial charge in [0.2, 0.25) is 0 Å². The molecular formula is C25H30N4O3. The van der Waals surface area contributed by atoms with E-state index in [2.05, 4.69) is 15.2 Å². The smallest absolute Gasteiger partial charge is 0.252 e. The molecule has 0 atom stereocenters. The van der Waals surface area contributed by atoms with Crippen LogP contribution in [0.15, 0.2) is 48.5 Å². The van der Waals surface area contributed by atoms with Gasteiger partial charge in [0, 0.05) is 24.5 Å². The van der Waals surface area contributed by atoms with E-state index in [0.29, 0.717) is 24.2 Å². The molecule has 3 N–H and O–H groups in total. The van der Waals surface area contributed by atoms with Crippen molar-refractivity contribution in [3.8, 4) is 17.1 Å². The standard InChI is InChI=1S/C25H30N4O3/c1-3-25(32,4-2)24(31)26-17-13-15-29(16-14-17)23-18-9-5-7-11-20(18)27-22(28-23)19-10-6-8-12-21(19)30/h5-12,17,30,32H,3-4,13-16H2,1-2H3,(H,26,31). The first-order valence-corrected chi connectivity index (χ1v) is 11.3. The van der Waals surface area contributed by atoms with Gasteiger partial charge < -0.3 is 20.4 Å². The van der Waals surface area contributed by atoms with Crippen molar-refractivity contribution in [2.24, 2.45) is 0 Å². The van der Waals surface area contributed by atoms with Gasteiger partial charge in [-0.25, -0.2) is 9.97 Å². The molecule has 32 heavy (non-hydrogen) atoms. The van der Waals surface area contributed by atoms with E-state index in [4.69, 9.17) is 4.98 Å². The van der Waals surface area contributed by atoms with Crippen LogP contribution in [-0.2, 0) is 4.79 Å². The van der Waals surface area contributed by atoms with Crippen molar-refractivity contribution >= 4 is 22.6 Å². The molecule has 0 unspecified atom stereocenters. The molecule has 1 aliphatic rings. The molecule has 1 saturated heterocycles. The number of aromatic hydroxyl groups is 1. The number of rotatable bonds is 6. The van der Waals surface area contributed by atoms with E-state index in [0.717, 1.165) is 42.7 Å². The number of phenolic OH excluding ortho intramolecular Hbond substituents is 1. The monoisotopic (exact) mass is 434 g/mol. The van der Waals surface area contributed by atoms with Crippen LogP contribution in [0.4, 0.5) is 5.82 Å². The Morgan fingerprint density at radius 2 is 1.72 bits per heavy atom. The molecular weight excluding hydrogens is 404 g/mol. The average molecular weight is 435 g/mol. The lowest BCUT2D eigenvalue weighted by Gasteiger charge is -2.35. The van der Waals surface area contributed by atoms with Gasteiger partial charge in [-0.2, -0.15) is 0 Å². The molecule has 1 aliphatic heterocycles. The number of hydrogen-bond acceptors (Lipinski definition) is 6. The summed E-state index contributed by atoms with van der Waals surface area (Å²) in [4.78, 5) is 24.3. The Labute approximate surface area is 188 Å². The number of aromatic nitrogens is 2. The fraction of sp³-hybridized carbons (Fsp3) is 0.400. The van der Waals surface area contributed by atoms with Gasteiger partial charge in [0.25, 0.3) is 5.91 Å². The third-order valence-electron chi connectivity index (χ3n) is 6.45. The van der Waals surface area contributed by atoms with Crippen molar-refractivity contribution in [1.82, 2.24) is 15.3 Å². The minimum atomic E-state index is -1.30. The molecule has 0 bridgehead atoms. The van der Waals surface area contributed by atoms with Gasteiger partial charge in [-0.3, -0.25) is 4.79 Å². The highest BCUT2D eigenvalue weighted by Crippen LogP contribution is 2.32. The second kappa shape index (κ2) is 9.12. The zero-order valence-electron chi connectivity index (χ0n) is 18.6. The fourth-order valence-electron chi connectivity index (χ4n) is 4.21. The number of para-hydroxylation sites is 2. The Morgan fingerprint density at radius 3 is 2.41 bits per heavy atom. The number of anilines is 1. The lowest BCUT2D eigenvalue weighted by molar-refractivity contribution is -0.141. The highest BCUT2D eigenvalue weighted by Gasteiger charge is 2.34. The van der Waals surface area contributed by atoms with Crippen LogP contribution in [0.5, 0.6) is 5.75 Å². The molecule has 1 fully saturated rings. The van der Waals surface area contributed by atoms with Crippen LogP contribution in [0.1, 0.15) is 39.5 Å². The number of carbonyl (C=O) groups excluding carboxylic acids is 1. The number of carbonyl (C=O) groups is 1. The Morgan fingerprint density at radius 1 is 1.06 bits per heavy atom. The van der Waals surface area contributed by atoms with Gasteiger partial charge in [-0.15, -0.1) is 0 Å². The van der Waals surface area contributed by atoms with E-state index < -0.39 is 5.60 Å². The first-order valence-electron chi connectivity index (χ1n) is 11.3. The lowest BCUT2D eigenvalue weighted by Crippen LogP contribution is -2.52. The number of nitrogens with zero attached hydrogens (tertiary/aromatic N) is 3. The predicted octanol–water partition coefficient (Wildman–Crippen LogP) is 3.64. The Balaban J connectivity index is 1.57. The Kier molecular flexibility index (Phi) is 6.28. The van der Waals surface area contributed by atoms with Gasteiger partial charge in [-0.1, -0.05) is 38.1 Å². The van der Waals surface area contributed by atoms with Crippen molar-refractivity contribution in [2.45, 2.75) is 51.2 Å². The minimum absolute atomic E-state index is 0.0223. The van der Waals surface area contributed by atoms with E-state index in [1.807, 2.05) is 50.2 Å². The number of aliphatic hydroxyl groups is 1.